The molecule has 2 saturated heterocycles. The molecule has 3 rings (SSSR count). The molecular formula is C12H20N2O. The van der Waals surface area contributed by atoms with Crippen molar-refractivity contribution >= 4 is 5.91 Å². The number of carbonyl (C=O) groups excluding carboxylic acids is 1. The van der Waals surface area contributed by atoms with Crippen LogP contribution in [-0.2, 0) is 4.79 Å². The van der Waals surface area contributed by atoms with Crippen LogP contribution < -0.4 is 5.32 Å². The average molecular weight is 208 g/mol. The van der Waals surface area contributed by atoms with Gasteiger partial charge in [0.05, 0.1) is 0 Å². The molecule has 2 aliphatic heterocycles. The number of nitrogens with one attached hydrogen (secondary N) is 1. The van der Waals surface area contributed by atoms with Gasteiger partial charge in [0.2, 0.25) is 5.91 Å². The highest BCUT2D eigenvalue weighted by molar-refractivity contribution is 5.80. The summed E-state index contributed by atoms with van der Waals surface area (Å²) in [4.78, 5) is 14.5. The van der Waals surface area contributed by atoms with E-state index in [1.165, 1.54) is 25.7 Å². The maximum Gasteiger partial charge on any atom is 0.226 e. The molecule has 2 bridgehead atoms. The number of fused-ring (bicyclic) bond motifs is 2. The minimum absolute atomic E-state index is 0.363. The van der Waals surface area contributed by atoms with Crippen molar-refractivity contribution < 1.29 is 4.79 Å². The minimum Gasteiger partial charge on any atom is -0.334 e. The highest BCUT2D eigenvalue weighted by Crippen LogP contribution is 2.33. The Bertz CT molecular complexity index is 246. The summed E-state index contributed by atoms with van der Waals surface area (Å²) in [7, 11) is 0. The number of rotatable bonds is 1. The second-order valence-electron chi connectivity index (χ2n) is 5.28. The van der Waals surface area contributed by atoms with Crippen molar-refractivity contribution in [3.63, 3.8) is 0 Å². The molecule has 0 aromatic heterocycles. The van der Waals surface area contributed by atoms with Gasteiger partial charge in [0.25, 0.3) is 0 Å². The van der Waals surface area contributed by atoms with Crippen molar-refractivity contribution in [1.29, 1.82) is 0 Å². The molecule has 2 atom stereocenters. The maximum atomic E-state index is 12.3. The Morgan fingerprint density at radius 2 is 1.73 bits per heavy atom. The van der Waals surface area contributed by atoms with E-state index in [-0.39, 0.29) is 0 Å². The van der Waals surface area contributed by atoms with Crippen molar-refractivity contribution in [2.75, 3.05) is 13.1 Å². The number of piperidine rings is 1. The van der Waals surface area contributed by atoms with Gasteiger partial charge in [-0.05, 0) is 19.3 Å². The molecule has 0 radical (unpaired) electrons. The van der Waals surface area contributed by atoms with Crippen LogP contribution in [0, 0.1) is 5.92 Å². The molecule has 84 valence electrons. The zero-order valence-electron chi connectivity index (χ0n) is 9.24. The fourth-order valence-electron chi connectivity index (χ4n) is 3.40. The van der Waals surface area contributed by atoms with Crippen molar-refractivity contribution in [2.45, 2.75) is 50.6 Å². The van der Waals surface area contributed by atoms with Gasteiger partial charge in [0.1, 0.15) is 0 Å². The number of amides is 1. The van der Waals surface area contributed by atoms with E-state index in [0.717, 1.165) is 25.9 Å². The molecule has 15 heavy (non-hydrogen) atoms. The number of nitrogens with zero attached hydrogens (tertiary/aromatic N) is 1. The van der Waals surface area contributed by atoms with Crippen LogP contribution in [0.1, 0.15) is 38.5 Å². The lowest BCUT2D eigenvalue weighted by Crippen LogP contribution is -2.70. The van der Waals surface area contributed by atoms with Gasteiger partial charge in [-0.15, -0.1) is 0 Å². The van der Waals surface area contributed by atoms with Gasteiger partial charge in [-0.3, -0.25) is 4.79 Å². The van der Waals surface area contributed by atoms with Crippen LogP contribution in [0.25, 0.3) is 0 Å². The first-order valence-electron chi connectivity index (χ1n) is 6.39. The standard InChI is InChI=1S/C12H20N2O/c15-12(9-4-2-1-3-5-9)14-10-6-11(14)8-13-7-10/h9-11,13H,1-8H2/t10-,11+. The number of hydrogen-bond acceptors (Lipinski definition) is 2. The molecule has 0 aromatic carbocycles. The Morgan fingerprint density at radius 3 is 2.33 bits per heavy atom. The van der Waals surface area contributed by atoms with E-state index >= 15 is 0 Å². The van der Waals surface area contributed by atoms with E-state index in [9.17, 15) is 4.79 Å². The first-order valence-corrected chi connectivity index (χ1v) is 6.39. The Balaban J connectivity index is 1.64. The van der Waals surface area contributed by atoms with Crippen molar-refractivity contribution in [1.82, 2.24) is 10.2 Å². The van der Waals surface area contributed by atoms with Crippen molar-refractivity contribution in [3.05, 3.63) is 0 Å². The van der Waals surface area contributed by atoms with E-state index in [1.54, 1.807) is 0 Å². The summed E-state index contributed by atoms with van der Waals surface area (Å²) >= 11 is 0. The number of hydrogen-bond donors (Lipinski definition) is 1. The normalized spacial score (nSPS) is 36.1. The van der Waals surface area contributed by atoms with E-state index in [2.05, 4.69) is 10.2 Å². The number of piperazine rings is 1. The maximum absolute atomic E-state index is 12.3. The third kappa shape index (κ3) is 1.57. The fraction of sp³-hybridized carbons (Fsp3) is 0.917. The Hall–Kier alpha value is -0.570. The van der Waals surface area contributed by atoms with Crippen LogP contribution in [0.3, 0.4) is 0 Å². The Morgan fingerprint density at radius 1 is 1.07 bits per heavy atom. The first-order chi connectivity index (χ1) is 7.36. The van der Waals surface area contributed by atoms with Crippen LogP contribution in [0.2, 0.25) is 0 Å². The third-order valence-electron chi connectivity index (χ3n) is 4.30. The Kier molecular flexibility index (Phi) is 2.43. The monoisotopic (exact) mass is 208 g/mol. The molecule has 1 saturated carbocycles. The smallest absolute Gasteiger partial charge is 0.226 e. The molecule has 3 aliphatic rings. The van der Waals surface area contributed by atoms with Gasteiger partial charge in [-0.2, -0.15) is 0 Å². The lowest BCUT2D eigenvalue weighted by atomic mass is 9.83. The van der Waals surface area contributed by atoms with Crippen molar-refractivity contribution in [2.24, 2.45) is 5.92 Å². The molecule has 1 amide bonds. The lowest BCUT2D eigenvalue weighted by Gasteiger charge is -2.54. The van der Waals surface area contributed by atoms with Crippen LogP contribution in [0.15, 0.2) is 0 Å². The van der Waals surface area contributed by atoms with Gasteiger partial charge in [0, 0.05) is 31.1 Å². The second kappa shape index (κ2) is 3.78. The van der Waals surface area contributed by atoms with E-state index < -0.39 is 0 Å². The summed E-state index contributed by atoms with van der Waals surface area (Å²) in [6, 6.07) is 1.05. The lowest BCUT2D eigenvalue weighted by molar-refractivity contribution is -0.153. The zero-order chi connectivity index (χ0) is 10.3. The highest BCUT2D eigenvalue weighted by Gasteiger charge is 2.45. The third-order valence-corrected chi connectivity index (χ3v) is 4.30. The quantitative estimate of drug-likeness (QED) is 0.701. The molecule has 0 spiro atoms. The molecule has 3 fully saturated rings. The van der Waals surface area contributed by atoms with Gasteiger partial charge in [0.15, 0.2) is 0 Å². The van der Waals surface area contributed by atoms with Gasteiger partial charge in [-0.1, -0.05) is 19.3 Å². The summed E-state index contributed by atoms with van der Waals surface area (Å²) in [5.74, 6) is 0.833. The molecule has 3 nitrogen and oxygen atoms in total. The molecule has 0 aromatic rings. The molecular weight excluding hydrogens is 188 g/mol. The molecule has 2 heterocycles. The first kappa shape index (κ1) is 9.64. The van der Waals surface area contributed by atoms with Crippen LogP contribution in [-0.4, -0.2) is 36.0 Å². The van der Waals surface area contributed by atoms with Crippen LogP contribution >= 0.6 is 0 Å². The minimum atomic E-state index is 0.363. The van der Waals surface area contributed by atoms with Crippen LogP contribution in [0.5, 0.6) is 0 Å². The fourth-order valence-corrected chi connectivity index (χ4v) is 3.40. The molecule has 0 unspecified atom stereocenters. The summed E-state index contributed by atoms with van der Waals surface area (Å²) in [6.45, 7) is 2.05. The predicted molar refractivity (Wildman–Crippen MR) is 58.5 cm³/mol. The highest BCUT2D eigenvalue weighted by atomic mass is 16.2. The van der Waals surface area contributed by atoms with E-state index in [0.29, 0.717) is 23.9 Å². The summed E-state index contributed by atoms with van der Waals surface area (Å²) in [6.07, 6.45) is 7.38. The summed E-state index contributed by atoms with van der Waals surface area (Å²) in [5, 5.41) is 3.38. The average Bonchev–Trinajstić information content (AvgIpc) is 2.31. The molecule has 3 heteroatoms. The largest absolute Gasteiger partial charge is 0.334 e. The predicted octanol–water partition coefficient (Wildman–Crippen LogP) is 1.14. The van der Waals surface area contributed by atoms with Crippen molar-refractivity contribution in [3.8, 4) is 0 Å². The molecule has 1 aliphatic carbocycles. The summed E-state index contributed by atoms with van der Waals surface area (Å²) in [5.41, 5.74) is 0. The van der Waals surface area contributed by atoms with Gasteiger partial charge < -0.3 is 10.2 Å². The van der Waals surface area contributed by atoms with Gasteiger partial charge in [-0.25, -0.2) is 0 Å². The van der Waals surface area contributed by atoms with E-state index in [1.807, 2.05) is 0 Å². The zero-order valence-corrected chi connectivity index (χ0v) is 9.24. The number of carbonyl (C=O) groups is 1. The molecule has 1 N–H and O–H groups in total. The SMILES string of the molecule is O=C(C1CCCCC1)N1[C@@H]2CNC[C@H]1C2. The Labute approximate surface area is 91.2 Å². The van der Waals surface area contributed by atoms with Gasteiger partial charge >= 0.3 is 0 Å². The second-order valence-corrected chi connectivity index (χ2v) is 5.28. The van der Waals surface area contributed by atoms with Crippen LogP contribution in [0.4, 0.5) is 0 Å². The topological polar surface area (TPSA) is 32.3 Å². The van der Waals surface area contributed by atoms with E-state index in [4.69, 9.17) is 0 Å². The summed E-state index contributed by atoms with van der Waals surface area (Å²) < 4.78 is 0.